The van der Waals surface area contributed by atoms with Gasteiger partial charge in [0.05, 0.1) is 18.0 Å². The number of ether oxygens (including phenoxy) is 1. The van der Waals surface area contributed by atoms with Crippen LogP contribution >= 0.6 is 35.3 Å². The molecule has 5 rings (SSSR count). The minimum Gasteiger partial charge on any atom is -0.494 e. The summed E-state index contributed by atoms with van der Waals surface area (Å²) in [6.07, 6.45) is 2.04. The van der Waals surface area contributed by atoms with E-state index in [1.54, 1.807) is 4.57 Å². The highest BCUT2D eigenvalue weighted by atomic mass is 32.2. The highest BCUT2D eigenvalue weighted by Crippen LogP contribution is 2.28. The number of hydrogen-bond acceptors (Lipinski definition) is 7. The van der Waals surface area contributed by atoms with E-state index in [1.165, 1.54) is 23.1 Å². The van der Waals surface area contributed by atoms with Crippen LogP contribution in [0.5, 0.6) is 5.75 Å². The largest absolute Gasteiger partial charge is 0.494 e. The Balaban J connectivity index is 1.57. The van der Waals surface area contributed by atoms with E-state index in [9.17, 15) is 9.59 Å². The summed E-state index contributed by atoms with van der Waals surface area (Å²) >= 11 is 8.22. The van der Waals surface area contributed by atoms with Crippen molar-refractivity contribution in [2.24, 2.45) is 5.92 Å². The average Bonchev–Trinajstić information content (AvgIpc) is 3.25. The summed E-state index contributed by atoms with van der Waals surface area (Å²) in [5.41, 5.74) is 1.81. The molecular weight excluding hydrogens is 525 g/mol. The molecule has 0 saturated carbocycles. The zero-order valence-electron chi connectivity index (χ0n) is 20.8. The number of para-hydroxylation sites is 1. The first-order chi connectivity index (χ1) is 18.0. The molecule has 1 amide bonds. The number of likely N-dealkylation sites (tertiary alicyclic amines) is 1. The number of rotatable bonds is 7. The molecule has 0 unspecified atom stereocenters. The molecule has 1 saturated heterocycles. The second-order valence-electron chi connectivity index (χ2n) is 9.01. The molecule has 0 N–H and O–H groups in total. The third kappa shape index (κ3) is 5.37. The highest BCUT2D eigenvalue weighted by molar-refractivity contribution is 7.99. The lowest BCUT2D eigenvalue weighted by Crippen LogP contribution is -2.39. The minimum atomic E-state index is -0.196. The molecule has 0 radical (unpaired) electrons. The topological polar surface area (TPSA) is 69.4 Å². The maximum atomic E-state index is 13.8. The zero-order chi connectivity index (χ0) is 25.9. The van der Waals surface area contributed by atoms with Crippen molar-refractivity contribution in [1.29, 1.82) is 0 Å². The van der Waals surface area contributed by atoms with Gasteiger partial charge in [0.25, 0.3) is 5.56 Å². The minimum absolute atomic E-state index is 0.0690. The van der Waals surface area contributed by atoms with Crippen molar-refractivity contribution in [2.45, 2.75) is 31.8 Å². The van der Waals surface area contributed by atoms with E-state index in [2.05, 4.69) is 6.92 Å². The molecule has 0 spiro atoms. The predicted molar refractivity (Wildman–Crippen MR) is 152 cm³/mol. The smallest absolute Gasteiger partial charge is 0.278 e. The number of thiazole rings is 1. The monoisotopic (exact) mass is 552 g/mol. The normalized spacial score (nSPS) is 14.3. The molecule has 0 atom stereocenters. The van der Waals surface area contributed by atoms with Crippen molar-refractivity contribution in [2.75, 3.05) is 25.4 Å². The van der Waals surface area contributed by atoms with Crippen molar-refractivity contribution < 1.29 is 9.53 Å². The van der Waals surface area contributed by atoms with Gasteiger partial charge in [-0.25, -0.2) is 4.98 Å². The molecule has 1 aliphatic heterocycles. The number of carbonyl (C=O) groups is 1. The maximum absolute atomic E-state index is 13.8. The fraction of sp³-hybridized carbons (Fsp3) is 0.333. The molecule has 7 nitrogen and oxygen atoms in total. The molecule has 1 aliphatic rings. The fourth-order valence-electron chi connectivity index (χ4n) is 4.40. The summed E-state index contributed by atoms with van der Waals surface area (Å²) in [6.45, 7) is 6.30. The van der Waals surface area contributed by atoms with E-state index in [-0.39, 0.29) is 17.2 Å². The number of carbonyl (C=O) groups excluding carboxylic acids is 1. The third-order valence-electron chi connectivity index (χ3n) is 6.46. The molecule has 3 heterocycles. The van der Waals surface area contributed by atoms with Crippen LogP contribution in [0.25, 0.3) is 21.7 Å². The Morgan fingerprint density at radius 3 is 2.43 bits per heavy atom. The van der Waals surface area contributed by atoms with Crippen molar-refractivity contribution >= 4 is 51.6 Å². The van der Waals surface area contributed by atoms with Crippen molar-refractivity contribution in [3.63, 3.8) is 0 Å². The second-order valence-corrected chi connectivity index (χ2v) is 11.6. The Bertz CT molecular complexity index is 1520. The van der Waals surface area contributed by atoms with Gasteiger partial charge in [0, 0.05) is 18.8 Å². The number of nitrogens with zero attached hydrogens (tertiary/aromatic N) is 4. The van der Waals surface area contributed by atoms with Gasteiger partial charge in [-0.05, 0) is 74.3 Å². The molecule has 1 fully saturated rings. The first-order valence-electron chi connectivity index (χ1n) is 12.3. The van der Waals surface area contributed by atoms with Crippen LogP contribution in [0.4, 0.5) is 0 Å². The maximum Gasteiger partial charge on any atom is 0.278 e. The third-order valence-corrected chi connectivity index (χ3v) is 8.73. The number of amides is 1. The van der Waals surface area contributed by atoms with Gasteiger partial charge in [0.15, 0.2) is 14.8 Å². The first kappa shape index (κ1) is 25.7. The van der Waals surface area contributed by atoms with E-state index in [0.29, 0.717) is 37.7 Å². The second kappa shape index (κ2) is 11.2. The van der Waals surface area contributed by atoms with Crippen LogP contribution in [0.2, 0.25) is 0 Å². The molecule has 4 aromatic rings. The predicted octanol–water partition coefficient (Wildman–Crippen LogP) is 5.72. The summed E-state index contributed by atoms with van der Waals surface area (Å²) < 4.78 is 9.98. The van der Waals surface area contributed by atoms with E-state index in [4.69, 9.17) is 21.9 Å². The van der Waals surface area contributed by atoms with Gasteiger partial charge in [0.2, 0.25) is 5.91 Å². The first-order valence-corrected chi connectivity index (χ1v) is 14.5. The van der Waals surface area contributed by atoms with Crippen LogP contribution < -0.4 is 10.3 Å². The molecular formula is C27H28N4O3S3. The van der Waals surface area contributed by atoms with Crippen molar-refractivity contribution in [1.82, 2.24) is 19.0 Å². The fourth-order valence-corrected chi connectivity index (χ4v) is 6.61. The number of thioether (sulfide) groups is 1. The molecule has 0 aliphatic carbocycles. The van der Waals surface area contributed by atoms with Gasteiger partial charge in [-0.2, -0.15) is 0 Å². The van der Waals surface area contributed by atoms with Crippen LogP contribution in [0.3, 0.4) is 0 Å². The lowest BCUT2D eigenvalue weighted by molar-refractivity contribution is -0.129. The Morgan fingerprint density at radius 2 is 1.76 bits per heavy atom. The summed E-state index contributed by atoms with van der Waals surface area (Å²) in [5, 5.41) is 0.468. The Hall–Kier alpha value is -2.95. The van der Waals surface area contributed by atoms with Crippen LogP contribution in [0.1, 0.15) is 26.7 Å². The lowest BCUT2D eigenvalue weighted by atomic mass is 9.99. The lowest BCUT2D eigenvalue weighted by Gasteiger charge is -2.30. The number of fused-ring (bicyclic) bond motifs is 1. The van der Waals surface area contributed by atoms with Gasteiger partial charge in [0.1, 0.15) is 10.4 Å². The average molecular weight is 553 g/mol. The van der Waals surface area contributed by atoms with Crippen molar-refractivity contribution in [3.05, 3.63) is 68.9 Å². The van der Waals surface area contributed by atoms with Crippen LogP contribution in [0.15, 0.2) is 64.5 Å². The van der Waals surface area contributed by atoms with E-state index < -0.39 is 0 Å². The molecule has 2 aromatic carbocycles. The summed E-state index contributed by atoms with van der Waals surface area (Å²) in [6, 6.07) is 17.0. The molecule has 192 valence electrons. The number of benzene rings is 2. The molecule has 2 aromatic heterocycles. The molecule has 0 bridgehead atoms. The zero-order valence-corrected chi connectivity index (χ0v) is 23.2. The highest BCUT2D eigenvalue weighted by Gasteiger charge is 2.23. The standard InChI is InChI=1S/C27H28N4O3S3/c1-3-34-21-11-9-20(10-12-21)30-24-23(37-27(30)35)25(33)31(19-7-5-4-6-8-19)26(28-24)36-17-22(32)29-15-13-18(2)14-16-29/h4-12,18H,3,13-17H2,1-2H3. The van der Waals surface area contributed by atoms with Crippen LogP contribution in [-0.2, 0) is 4.79 Å². The van der Waals surface area contributed by atoms with E-state index >= 15 is 0 Å². The Kier molecular flexibility index (Phi) is 7.78. The summed E-state index contributed by atoms with van der Waals surface area (Å²) in [4.78, 5) is 33.7. The number of piperidine rings is 1. The molecule has 10 heteroatoms. The molecule has 37 heavy (non-hydrogen) atoms. The van der Waals surface area contributed by atoms with Gasteiger partial charge < -0.3 is 9.64 Å². The summed E-state index contributed by atoms with van der Waals surface area (Å²) in [5.74, 6) is 1.69. The van der Waals surface area contributed by atoms with Gasteiger partial charge in [-0.15, -0.1) is 0 Å². The van der Waals surface area contributed by atoms with Gasteiger partial charge in [-0.3, -0.25) is 18.7 Å². The SMILES string of the molecule is CCOc1ccc(-n2c(=S)sc3c(=O)n(-c4ccccc4)c(SCC(=O)N4CCC(C)CC4)nc32)cc1. The Morgan fingerprint density at radius 1 is 1.08 bits per heavy atom. The quantitative estimate of drug-likeness (QED) is 0.166. The van der Waals surface area contributed by atoms with E-state index in [1.807, 2.05) is 71.0 Å². The van der Waals surface area contributed by atoms with Gasteiger partial charge in [-0.1, -0.05) is 48.2 Å². The van der Waals surface area contributed by atoms with Crippen molar-refractivity contribution in [3.8, 4) is 17.1 Å². The van der Waals surface area contributed by atoms with Gasteiger partial charge >= 0.3 is 0 Å². The van der Waals surface area contributed by atoms with Crippen LogP contribution in [0, 0.1) is 9.87 Å². The van der Waals surface area contributed by atoms with E-state index in [0.717, 1.165) is 37.4 Å². The number of hydrogen-bond donors (Lipinski definition) is 0. The Labute approximate surface area is 228 Å². The number of aromatic nitrogens is 3. The summed E-state index contributed by atoms with van der Waals surface area (Å²) in [7, 11) is 0. The van der Waals surface area contributed by atoms with Crippen LogP contribution in [-0.4, -0.2) is 50.4 Å².